The average Bonchev–Trinajstić information content (AvgIpc) is 2.96. The van der Waals surface area contributed by atoms with Gasteiger partial charge in [-0.25, -0.2) is 0 Å². The molecule has 0 amide bonds. The van der Waals surface area contributed by atoms with Gasteiger partial charge in [0.25, 0.3) is 0 Å². The van der Waals surface area contributed by atoms with Crippen LogP contribution in [0.1, 0.15) is 48.8 Å². The molecular formula is C16H28N2OS. The minimum absolute atomic E-state index is 0.214. The molecule has 1 saturated carbocycles. The van der Waals surface area contributed by atoms with Crippen LogP contribution in [0.5, 0.6) is 0 Å². The van der Waals surface area contributed by atoms with Crippen molar-refractivity contribution in [3.8, 4) is 0 Å². The van der Waals surface area contributed by atoms with Crippen molar-refractivity contribution >= 4 is 11.3 Å². The predicted octanol–water partition coefficient (Wildman–Crippen LogP) is 3.28. The van der Waals surface area contributed by atoms with E-state index in [1.807, 2.05) is 18.4 Å². The van der Waals surface area contributed by atoms with Gasteiger partial charge in [0, 0.05) is 23.3 Å². The first-order valence-electron chi connectivity index (χ1n) is 7.85. The molecule has 2 atom stereocenters. The van der Waals surface area contributed by atoms with Gasteiger partial charge in [-0.2, -0.15) is 0 Å². The largest absolute Gasteiger partial charge is 0.379 e. The van der Waals surface area contributed by atoms with Crippen LogP contribution in [0.4, 0.5) is 0 Å². The van der Waals surface area contributed by atoms with Gasteiger partial charge in [0.05, 0.1) is 12.1 Å². The zero-order valence-corrected chi connectivity index (χ0v) is 13.5. The maximum absolute atomic E-state index is 5.82. The highest BCUT2D eigenvalue weighted by atomic mass is 32.1. The Bertz CT molecular complexity index is 388. The third-order valence-corrected chi connectivity index (χ3v) is 5.74. The lowest BCUT2D eigenvalue weighted by Gasteiger charge is -2.34. The lowest BCUT2D eigenvalue weighted by molar-refractivity contribution is 0.00846. The summed E-state index contributed by atoms with van der Waals surface area (Å²) in [6.07, 6.45) is 8.91. The summed E-state index contributed by atoms with van der Waals surface area (Å²) in [4.78, 5) is 2.85. The number of nitrogens with one attached hydrogen (secondary N) is 1. The van der Waals surface area contributed by atoms with Crippen LogP contribution in [0.2, 0.25) is 0 Å². The van der Waals surface area contributed by atoms with E-state index in [-0.39, 0.29) is 12.1 Å². The normalized spacial score (nSPS) is 19.9. The number of hydrogen-bond acceptors (Lipinski definition) is 4. The first-order valence-corrected chi connectivity index (χ1v) is 8.66. The number of hydrazine groups is 1. The molecule has 0 radical (unpaired) electrons. The highest BCUT2D eigenvalue weighted by Gasteiger charge is 2.30. The summed E-state index contributed by atoms with van der Waals surface area (Å²) in [7, 11) is 1.83. The number of rotatable bonds is 7. The summed E-state index contributed by atoms with van der Waals surface area (Å²) in [6.45, 7) is 2.20. The lowest BCUT2D eigenvalue weighted by atomic mass is 9.82. The van der Waals surface area contributed by atoms with Crippen molar-refractivity contribution in [2.45, 2.75) is 64.0 Å². The van der Waals surface area contributed by atoms with Crippen LogP contribution in [0.15, 0.2) is 12.1 Å². The van der Waals surface area contributed by atoms with Gasteiger partial charge in [-0.15, -0.1) is 11.3 Å². The van der Waals surface area contributed by atoms with E-state index in [0.717, 1.165) is 12.8 Å². The third kappa shape index (κ3) is 4.04. The minimum Gasteiger partial charge on any atom is -0.379 e. The first-order chi connectivity index (χ1) is 9.78. The summed E-state index contributed by atoms with van der Waals surface area (Å²) in [6, 6.07) is 4.68. The average molecular weight is 296 g/mol. The van der Waals surface area contributed by atoms with Crippen LogP contribution in [0, 0.1) is 5.92 Å². The molecule has 3 nitrogen and oxygen atoms in total. The van der Waals surface area contributed by atoms with Gasteiger partial charge in [-0.1, -0.05) is 26.2 Å². The zero-order chi connectivity index (χ0) is 14.4. The Morgan fingerprint density at radius 2 is 2.00 bits per heavy atom. The summed E-state index contributed by atoms with van der Waals surface area (Å²) in [5.74, 6) is 6.47. The number of aryl methyl sites for hydroxylation is 1. The van der Waals surface area contributed by atoms with E-state index in [1.54, 1.807) is 0 Å². The monoisotopic (exact) mass is 296 g/mol. The van der Waals surface area contributed by atoms with Gasteiger partial charge in [-0.05, 0) is 37.3 Å². The first kappa shape index (κ1) is 16.0. The summed E-state index contributed by atoms with van der Waals surface area (Å²) < 4.78 is 5.81. The third-order valence-electron chi connectivity index (χ3n) is 4.48. The number of methoxy groups -OCH3 is 1. The molecular weight excluding hydrogens is 268 g/mol. The van der Waals surface area contributed by atoms with E-state index in [4.69, 9.17) is 10.6 Å². The van der Waals surface area contributed by atoms with Crippen molar-refractivity contribution in [3.05, 3.63) is 21.9 Å². The molecule has 20 heavy (non-hydrogen) atoms. The molecule has 0 aromatic carbocycles. The van der Waals surface area contributed by atoms with Crippen molar-refractivity contribution in [2.24, 2.45) is 11.8 Å². The SMILES string of the molecule is CCc1ccc(CC(NN)C(OC)C2CCCCC2)s1. The Morgan fingerprint density at radius 1 is 1.30 bits per heavy atom. The highest BCUT2D eigenvalue weighted by Crippen LogP contribution is 2.30. The van der Waals surface area contributed by atoms with Crippen molar-refractivity contribution in [3.63, 3.8) is 0 Å². The Labute approximate surface area is 126 Å². The van der Waals surface area contributed by atoms with E-state index >= 15 is 0 Å². The van der Waals surface area contributed by atoms with Gasteiger partial charge in [0.1, 0.15) is 0 Å². The van der Waals surface area contributed by atoms with E-state index in [9.17, 15) is 0 Å². The van der Waals surface area contributed by atoms with Crippen molar-refractivity contribution in [1.82, 2.24) is 5.43 Å². The fourth-order valence-electron chi connectivity index (χ4n) is 3.36. The lowest BCUT2D eigenvalue weighted by Crippen LogP contribution is -2.49. The highest BCUT2D eigenvalue weighted by molar-refractivity contribution is 7.11. The van der Waals surface area contributed by atoms with Crippen LogP contribution in [-0.4, -0.2) is 19.3 Å². The maximum Gasteiger partial charge on any atom is 0.0769 e. The molecule has 2 unspecified atom stereocenters. The summed E-state index contributed by atoms with van der Waals surface area (Å²) in [5, 5.41) is 0. The van der Waals surface area contributed by atoms with Crippen molar-refractivity contribution in [2.75, 3.05) is 7.11 Å². The number of ether oxygens (including phenoxy) is 1. The molecule has 1 aliphatic carbocycles. The quantitative estimate of drug-likeness (QED) is 0.599. The molecule has 3 N–H and O–H groups in total. The number of hydrogen-bond donors (Lipinski definition) is 2. The van der Waals surface area contributed by atoms with Gasteiger partial charge in [0.15, 0.2) is 0 Å². The fourth-order valence-corrected chi connectivity index (χ4v) is 4.37. The fraction of sp³-hybridized carbons (Fsp3) is 0.750. The zero-order valence-electron chi connectivity index (χ0n) is 12.7. The smallest absolute Gasteiger partial charge is 0.0769 e. The van der Waals surface area contributed by atoms with Crippen LogP contribution in [0.3, 0.4) is 0 Å². The van der Waals surface area contributed by atoms with Gasteiger partial charge in [-0.3, -0.25) is 11.3 Å². The maximum atomic E-state index is 5.82. The number of thiophene rings is 1. The van der Waals surface area contributed by atoms with Crippen LogP contribution < -0.4 is 11.3 Å². The topological polar surface area (TPSA) is 47.3 Å². The van der Waals surface area contributed by atoms with Crippen molar-refractivity contribution < 1.29 is 4.74 Å². The Kier molecular flexibility index (Phi) is 6.49. The van der Waals surface area contributed by atoms with Gasteiger partial charge < -0.3 is 4.74 Å². The van der Waals surface area contributed by atoms with Crippen LogP contribution in [-0.2, 0) is 17.6 Å². The van der Waals surface area contributed by atoms with E-state index < -0.39 is 0 Å². The molecule has 2 rings (SSSR count). The number of nitrogens with two attached hydrogens (primary N) is 1. The van der Waals surface area contributed by atoms with Crippen molar-refractivity contribution in [1.29, 1.82) is 0 Å². The molecule has 0 aliphatic heterocycles. The molecule has 0 bridgehead atoms. The van der Waals surface area contributed by atoms with E-state index in [1.165, 1.54) is 41.9 Å². The molecule has 114 valence electrons. The second-order valence-corrected chi connectivity index (χ2v) is 7.05. The standard InChI is InChI=1S/C16H28N2OS/c1-3-13-9-10-14(20-13)11-15(18-17)16(19-2)12-7-5-4-6-8-12/h9-10,12,15-16,18H,3-8,11,17H2,1-2H3. The molecule has 4 heteroatoms. The Morgan fingerprint density at radius 3 is 2.55 bits per heavy atom. The van der Waals surface area contributed by atoms with Gasteiger partial charge in [0.2, 0.25) is 0 Å². The molecule has 0 spiro atoms. The van der Waals surface area contributed by atoms with Crippen LogP contribution in [0.25, 0.3) is 0 Å². The summed E-state index contributed by atoms with van der Waals surface area (Å²) in [5.41, 5.74) is 3.01. The van der Waals surface area contributed by atoms with Crippen LogP contribution >= 0.6 is 11.3 Å². The molecule has 1 aromatic heterocycles. The molecule has 1 aromatic rings. The van der Waals surface area contributed by atoms with E-state index in [2.05, 4.69) is 24.5 Å². The van der Waals surface area contributed by atoms with E-state index in [0.29, 0.717) is 5.92 Å². The van der Waals surface area contributed by atoms with Gasteiger partial charge >= 0.3 is 0 Å². The predicted molar refractivity (Wildman–Crippen MR) is 85.9 cm³/mol. The Hall–Kier alpha value is -0.420. The second-order valence-electron chi connectivity index (χ2n) is 5.80. The molecule has 1 fully saturated rings. The second kappa shape index (κ2) is 8.13. The minimum atomic E-state index is 0.214. The molecule has 1 heterocycles. The molecule has 1 aliphatic rings. The Balaban J connectivity index is 2.00. The summed E-state index contributed by atoms with van der Waals surface area (Å²) >= 11 is 1.90. The molecule has 0 saturated heterocycles.